The van der Waals surface area contributed by atoms with Crippen molar-refractivity contribution in [2.24, 2.45) is 0 Å². The summed E-state index contributed by atoms with van der Waals surface area (Å²) in [4.78, 5) is 35.4. The summed E-state index contributed by atoms with van der Waals surface area (Å²) in [6.07, 6.45) is 0.131. The van der Waals surface area contributed by atoms with Crippen LogP contribution >= 0.6 is 0 Å². The van der Waals surface area contributed by atoms with E-state index >= 15 is 0 Å². The molecule has 0 aromatic heterocycles. The Kier molecular flexibility index (Phi) is 6.46. The Balaban J connectivity index is 1.84. The van der Waals surface area contributed by atoms with Gasteiger partial charge >= 0.3 is 5.97 Å². The van der Waals surface area contributed by atoms with Crippen molar-refractivity contribution in [2.45, 2.75) is 25.7 Å². The minimum atomic E-state index is -0.998. The summed E-state index contributed by atoms with van der Waals surface area (Å²) in [7, 11) is 0. The van der Waals surface area contributed by atoms with Crippen LogP contribution in [0.2, 0.25) is 0 Å². The number of aliphatic carboxylic acids is 1. The van der Waals surface area contributed by atoms with E-state index in [2.05, 4.69) is 5.32 Å². The Morgan fingerprint density at radius 2 is 1.60 bits per heavy atom. The maximum atomic E-state index is 12.1. The smallest absolute Gasteiger partial charge is 0.312 e. The van der Waals surface area contributed by atoms with Crippen LogP contribution in [0.1, 0.15) is 40.2 Å². The highest BCUT2D eigenvalue weighted by atomic mass is 16.4. The van der Waals surface area contributed by atoms with Crippen LogP contribution in [-0.4, -0.2) is 29.3 Å². The van der Waals surface area contributed by atoms with Gasteiger partial charge in [-0.15, -0.1) is 0 Å². The van der Waals surface area contributed by atoms with Crippen LogP contribution in [0.25, 0.3) is 0 Å². The monoisotopic (exact) mass is 339 g/mol. The summed E-state index contributed by atoms with van der Waals surface area (Å²) in [5.41, 5.74) is 2.27. The standard InChI is InChI=1S/C20H21NO4/c1-14-7-9-16(10-8-14)18(22)11-12-19(23)21-13-17(20(24)25)15-5-3-2-4-6-15/h2-10,17H,11-13H2,1H3,(H,21,23)(H,24,25)/t17-/m0/s1. The first-order valence-corrected chi connectivity index (χ1v) is 8.11. The van der Waals surface area contributed by atoms with Gasteiger partial charge in [0.05, 0.1) is 5.92 Å². The Hall–Kier alpha value is -2.95. The van der Waals surface area contributed by atoms with E-state index in [9.17, 15) is 19.5 Å². The Labute approximate surface area is 146 Å². The van der Waals surface area contributed by atoms with Crippen molar-refractivity contribution in [1.29, 1.82) is 0 Å². The lowest BCUT2D eigenvalue weighted by Gasteiger charge is -2.13. The Morgan fingerprint density at radius 3 is 2.20 bits per heavy atom. The fourth-order valence-corrected chi connectivity index (χ4v) is 2.45. The maximum absolute atomic E-state index is 12.1. The molecule has 25 heavy (non-hydrogen) atoms. The first kappa shape index (κ1) is 18.4. The van der Waals surface area contributed by atoms with Crippen molar-refractivity contribution in [3.8, 4) is 0 Å². The molecule has 0 fully saturated rings. The van der Waals surface area contributed by atoms with Crippen LogP contribution < -0.4 is 5.32 Å². The molecule has 0 saturated carbocycles. The van der Waals surface area contributed by atoms with Gasteiger partial charge in [-0.25, -0.2) is 0 Å². The quantitative estimate of drug-likeness (QED) is 0.724. The largest absolute Gasteiger partial charge is 0.481 e. The minimum absolute atomic E-state index is 0.00307. The summed E-state index contributed by atoms with van der Waals surface area (Å²) in [6.45, 7) is 1.93. The summed E-state index contributed by atoms with van der Waals surface area (Å²) in [5.74, 6) is -2.24. The van der Waals surface area contributed by atoms with Crippen molar-refractivity contribution in [3.63, 3.8) is 0 Å². The van der Waals surface area contributed by atoms with E-state index in [4.69, 9.17) is 0 Å². The molecule has 2 aromatic carbocycles. The molecule has 2 aromatic rings. The van der Waals surface area contributed by atoms with Crippen LogP contribution in [0.15, 0.2) is 54.6 Å². The van der Waals surface area contributed by atoms with E-state index in [-0.39, 0.29) is 31.1 Å². The molecule has 2 N–H and O–H groups in total. The molecule has 0 aliphatic heterocycles. The van der Waals surface area contributed by atoms with Crippen molar-refractivity contribution in [2.75, 3.05) is 6.54 Å². The lowest BCUT2D eigenvalue weighted by Crippen LogP contribution is -2.31. The second-order valence-corrected chi connectivity index (χ2v) is 5.89. The predicted octanol–water partition coefficient (Wildman–Crippen LogP) is 2.94. The first-order valence-electron chi connectivity index (χ1n) is 8.11. The lowest BCUT2D eigenvalue weighted by atomic mass is 9.99. The number of carbonyl (C=O) groups is 3. The van der Waals surface area contributed by atoms with E-state index in [1.807, 2.05) is 19.1 Å². The molecule has 0 heterocycles. The fourth-order valence-electron chi connectivity index (χ4n) is 2.45. The van der Waals surface area contributed by atoms with Crippen molar-refractivity contribution < 1.29 is 19.5 Å². The number of benzene rings is 2. The highest BCUT2D eigenvalue weighted by molar-refractivity contribution is 5.98. The molecule has 0 aliphatic rings. The molecule has 0 spiro atoms. The molecular formula is C20H21NO4. The van der Waals surface area contributed by atoms with Crippen molar-refractivity contribution in [1.82, 2.24) is 5.32 Å². The lowest BCUT2D eigenvalue weighted by molar-refractivity contribution is -0.138. The molecule has 5 nitrogen and oxygen atoms in total. The second-order valence-electron chi connectivity index (χ2n) is 5.89. The van der Waals surface area contributed by atoms with E-state index in [0.717, 1.165) is 5.56 Å². The highest BCUT2D eigenvalue weighted by Gasteiger charge is 2.20. The molecule has 0 unspecified atom stereocenters. The zero-order valence-electron chi connectivity index (χ0n) is 14.1. The molecule has 1 amide bonds. The summed E-state index contributed by atoms with van der Waals surface area (Å²) in [6, 6.07) is 15.9. The molecule has 130 valence electrons. The molecule has 0 bridgehead atoms. The molecule has 0 radical (unpaired) electrons. The van der Waals surface area contributed by atoms with Crippen LogP contribution in [0.5, 0.6) is 0 Å². The van der Waals surface area contributed by atoms with Crippen LogP contribution in [-0.2, 0) is 9.59 Å². The van der Waals surface area contributed by atoms with Gasteiger partial charge in [0.2, 0.25) is 5.91 Å². The maximum Gasteiger partial charge on any atom is 0.312 e. The van der Waals surface area contributed by atoms with E-state index < -0.39 is 11.9 Å². The Bertz CT molecular complexity index is 738. The average Bonchev–Trinajstić information content (AvgIpc) is 2.61. The normalized spacial score (nSPS) is 11.6. The Morgan fingerprint density at radius 1 is 0.960 bits per heavy atom. The average molecular weight is 339 g/mol. The number of Topliss-reactive ketones (excluding diaryl/α,β-unsaturated/α-hetero) is 1. The van der Waals surface area contributed by atoms with Crippen molar-refractivity contribution in [3.05, 3.63) is 71.3 Å². The summed E-state index contributed by atoms with van der Waals surface area (Å²) in [5, 5.41) is 11.9. The number of amides is 1. The third kappa shape index (κ3) is 5.57. The number of hydrogen-bond donors (Lipinski definition) is 2. The fraction of sp³-hybridized carbons (Fsp3) is 0.250. The van der Waals surface area contributed by atoms with Gasteiger partial charge in [0.25, 0.3) is 0 Å². The zero-order valence-corrected chi connectivity index (χ0v) is 14.1. The second kappa shape index (κ2) is 8.78. The number of ketones is 1. The number of carboxylic acids is 1. The number of nitrogens with one attached hydrogen (secondary N) is 1. The number of carbonyl (C=O) groups excluding carboxylic acids is 2. The summed E-state index contributed by atoms with van der Waals surface area (Å²) >= 11 is 0. The van der Waals surface area contributed by atoms with E-state index in [0.29, 0.717) is 11.1 Å². The van der Waals surface area contributed by atoms with Gasteiger partial charge in [0.1, 0.15) is 0 Å². The number of aryl methyl sites for hydroxylation is 1. The molecule has 1 atom stereocenters. The topological polar surface area (TPSA) is 83.5 Å². The molecule has 0 aliphatic carbocycles. The van der Waals surface area contributed by atoms with Crippen LogP contribution in [0.3, 0.4) is 0 Å². The van der Waals surface area contributed by atoms with Gasteiger partial charge in [-0.1, -0.05) is 60.2 Å². The number of carboxylic acid groups (broad SMARTS) is 1. The van der Waals surface area contributed by atoms with E-state index in [1.54, 1.807) is 42.5 Å². The van der Waals surface area contributed by atoms with Gasteiger partial charge in [-0.3, -0.25) is 14.4 Å². The molecule has 2 rings (SSSR count). The third-order valence-corrected chi connectivity index (χ3v) is 3.96. The van der Waals surface area contributed by atoms with Crippen LogP contribution in [0.4, 0.5) is 0 Å². The predicted molar refractivity (Wildman–Crippen MR) is 94.6 cm³/mol. The SMILES string of the molecule is Cc1ccc(C(=O)CCC(=O)NC[C@H](C(=O)O)c2ccccc2)cc1. The van der Waals surface area contributed by atoms with Crippen LogP contribution in [0, 0.1) is 6.92 Å². The zero-order chi connectivity index (χ0) is 18.2. The van der Waals surface area contributed by atoms with Gasteiger partial charge in [0, 0.05) is 24.9 Å². The van der Waals surface area contributed by atoms with E-state index in [1.165, 1.54) is 0 Å². The van der Waals surface area contributed by atoms with Gasteiger partial charge in [0.15, 0.2) is 5.78 Å². The van der Waals surface area contributed by atoms with Gasteiger partial charge in [-0.2, -0.15) is 0 Å². The molecular weight excluding hydrogens is 318 g/mol. The number of hydrogen-bond acceptors (Lipinski definition) is 3. The minimum Gasteiger partial charge on any atom is -0.481 e. The third-order valence-electron chi connectivity index (χ3n) is 3.96. The van der Waals surface area contributed by atoms with Gasteiger partial charge < -0.3 is 10.4 Å². The summed E-state index contributed by atoms with van der Waals surface area (Å²) < 4.78 is 0. The van der Waals surface area contributed by atoms with Gasteiger partial charge in [-0.05, 0) is 12.5 Å². The first-order chi connectivity index (χ1) is 12.0. The van der Waals surface area contributed by atoms with Crippen molar-refractivity contribution >= 4 is 17.7 Å². The molecule has 0 saturated heterocycles. The number of rotatable bonds is 8. The molecule has 5 heteroatoms. The highest BCUT2D eigenvalue weighted by Crippen LogP contribution is 2.15.